The molecule has 0 bridgehead atoms. The van der Waals surface area contributed by atoms with E-state index < -0.39 is 10.2 Å². The maximum absolute atomic E-state index is 11.4. The van der Waals surface area contributed by atoms with Crippen molar-refractivity contribution in [3.63, 3.8) is 0 Å². The van der Waals surface area contributed by atoms with Crippen molar-refractivity contribution < 1.29 is 8.42 Å². The van der Waals surface area contributed by atoms with Gasteiger partial charge in [-0.2, -0.15) is 17.9 Å². The molecule has 1 saturated carbocycles. The molecule has 0 radical (unpaired) electrons. The first-order valence-electron chi connectivity index (χ1n) is 4.56. The summed E-state index contributed by atoms with van der Waals surface area (Å²) in [7, 11) is -3.32. The number of nitrogens with one attached hydrogen (secondary N) is 2. The lowest BCUT2D eigenvalue weighted by atomic mass is 10.5. The predicted octanol–water partition coefficient (Wildman–Crippen LogP) is 1.60. The van der Waals surface area contributed by atoms with Gasteiger partial charge in [0.1, 0.15) is 0 Å². The summed E-state index contributed by atoms with van der Waals surface area (Å²) in [5.41, 5.74) is 0. The molecule has 1 heterocycles. The van der Waals surface area contributed by atoms with Gasteiger partial charge in [0.15, 0.2) is 0 Å². The van der Waals surface area contributed by atoms with E-state index in [1.807, 2.05) is 12.1 Å². The number of halogens is 1. The molecule has 1 fully saturated rings. The van der Waals surface area contributed by atoms with Gasteiger partial charge in [-0.05, 0) is 40.9 Å². The molecule has 0 saturated heterocycles. The number of thiophene rings is 1. The van der Waals surface area contributed by atoms with E-state index >= 15 is 0 Å². The number of hydrogen-bond donors (Lipinski definition) is 2. The minimum absolute atomic E-state index is 0.151. The van der Waals surface area contributed by atoms with Crippen molar-refractivity contribution >= 4 is 37.5 Å². The summed E-state index contributed by atoms with van der Waals surface area (Å²) < 4.78 is 28.9. The largest absolute Gasteiger partial charge is 0.277 e. The van der Waals surface area contributed by atoms with Gasteiger partial charge in [0.25, 0.3) is 10.2 Å². The van der Waals surface area contributed by atoms with Crippen LogP contribution < -0.4 is 9.44 Å². The third-order valence-electron chi connectivity index (χ3n) is 1.96. The van der Waals surface area contributed by atoms with Crippen molar-refractivity contribution in [1.82, 2.24) is 9.44 Å². The van der Waals surface area contributed by atoms with Gasteiger partial charge in [-0.1, -0.05) is 0 Å². The van der Waals surface area contributed by atoms with Gasteiger partial charge in [0.05, 0.1) is 3.79 Å². The zero-order chi connectivity index (χ0) is 10.9. The SMILES string of the molecule is O=S(=O)(NCc1ccc(Br)s1)NC1CC1. The minimum atomic E-state index is -3.32. The van der Waals surface area contributed by atoms with Gasteiger partial charge in [0.2, 0.25) is 0 Å². The Morgan fingerprint density at radius 1 is 1.47 bits per heavy atom. The minimum Gasteiger partial charge on any atom is -0.199 e. The standard InChI is InChI=1S/C8H11BrN2O2S2/c9-8-4-3-7(14-8)5-10-15(12,13)11-6-1-2-6/h3-4,6,10-11H,1-2,5H2. The highest BCUT2D eigenvalue weighted by Gasteiger charge is 2.26. The Morgan fingerprint density at radius 3 is 2.73 bits per heavy atom. The molecule has 84 valence electrons. The summed E-state index contributed by atoms with van der Waals surface area (Å²) in [5, 5.41) is 0. The molecule has 0 atom stereocenters. The summed E-state index contributed by atoms with van der Waals surface area (Å²) in [6.07, 6.45) is 1.90. The molecule has 1 aromatic rings. The van der Waals surface area contributed by atoms with Crippen molar-refractivity contribution in [2.45, 2.75) is 25.4 Å². The summed E-state index contributed by atoms with van der Waals surface area (Å²) in [6.45, 7) is 0.346. The molecule has 15 heavy (non-hydrogen) atoms. The lowest BCUT2D eigenvalue weighted by molar-refractivity contribution is 0.566. The molecule has 2 N–H and O–H groups in total. The van der Waals surface area contributed by atoms with E-state index in [0.29, 0.717) is 6.54 Å². The van der Waals surface area contributed by atoms with Crippen LogP contribution in [-0.4, -0.2) is 14.5 Å². The molecular formula is C8H11BrN2O2S2. The van der Waals surface area contributed by atoms with Crippen LogP contribution in [0, 0.1) is 0 Å². The van der Waals surface area contributed by atoms with E-state index in [-0.39, 0.29) is 6.04 Å². The fourth-order valence-corrected chi connectivity index (χ4v) is 3.69. The van der Waals surface area contributed by atoms with Gasteiger partial charge in [-0.3, -0.25) is 0 Å². The molecule has 0 amide bonds. The van der Waals surface area contributed by atoms with E-state index in [0.717, 1.165) is 21.5 Å². The Kier molecular flexibility index (Phi) is 3.46. The van der Waals surface area contributed by atoms with Crippen LogP contribution in [0.15, 0.2) is 15.9 Å². The third-order valence-corrected chi connectivity index (χ3v) is 4.76. The van der Waals surface area contributed by atoms with Gasteiger partial charge in [-0.25, -0.2) is 0 Å². The highest BCUT2D eigenvalue weighted by molar-refractivity contribution is 9.11. The quantitative estimate of drug-likeness (QED) is 0.868. The molecule has 0 spiro atoms. The number of hydrogen-bond acceptors (Lipinski definition) is 3. The second-order valence-electron chi connectivity index (χ2n) is 3.42. The highest BCUT2D eigenvalue weighted by Crippen LogP contribution is 2.22. The first-order chi connectivity index (χ1) is 7.05. The maximum Gasteiger partial charge on any atom is 0.277 e. The van der Waals surface area contributed by atoms with Crippen LogP contribution in [0.5, 0.6) is 0 Å². The Morgan fingerprint density at radius 2 is 2.20 bits per heavy atom. The summed E-state index contributed by atoms with van der Waals surface area (Å²) in [5.74, 6) is 0. The van der Waals surface area contributed by atoms with E-state index in [1.54, 1.807) is 0 Å². The first kappa shape index (κ1) is 11.5. The van der Waals surface area contributed by atoms with E-state index in [2.05, 4.69) is 25.4 Å². The topological polar surface area (TPSA) is 58.2 Å². The van der Waals surface area contributed by atoms with Crippen molar-refractivity contribution in [3.8, 4) is 0 Å². The zero-order valence-corrected chi connectivity index (χ0v) is 11.1. The third kappa shape index (κ3) is 3.84. The van der Waals surface area contributed by atoms with Crippen LogP contribution in [0.3, 0.4) is 0 Å². The van der Waals surface area contributed by atoms with Crippen LogP contribution in [0.4, 0.5) is 0 Å². The van der Waals surface area contributed by atoms with E-state index in [1.165, 1.54) is 11.3 Å². The van der Waals surface area contributed by atoms with Gasteiger partial charge in [0, 0.05) is 17.5 Å². The smallest absolute Gasteiger partial charge is 0.199 e. The molecule has 2 rings (SSSR count). The van der Waals surface area contributed by atoms with Gasteiger partial charge in [-0.15, -0.1) is 11.3 Å². The predicted molar refractivity (Wildman–Crippen MR) is 63.9 cm³/mol. The van der Waals surface area contributed by atoms with Crippen LogP contribution in [0.2, 0.25) is 0 Å². The Balaban J connectivity index is 1.86. The Hall–Kier alpha value is 0.0500. The molecule has 1 aliphatic carbocycles. The first-order valence-corrected chi connectivity index (χ1v) is 7.65. The average Bonchev–Trinajstić information content (AvgIpc) is 2.83. The maximum atomic E-state index is 11.4. The fraction of sp³-hybridized carbons (Fsp3) is 0.500. The lowest BCUT2D eigenvalue weighted by Crippen LogP contribution is -2.37. The van der Waals surface area contributed by atoms with Crippen LogP contribution in [-0.2, 0) is 16.8 Å². The monoisotopic (exact) mass is 310 g/mol. The van der Waals surface area contributed by atoms with Crippen LogP contribution in [0.25, 0.3) is 0 Å². The lowest BCUT2D eigenvalue weighted by Gasteiger charge is -2.05. The zero-order valence-electron chi connectivity index (χ0n) is 7.86. The summed E-state index contributed by atoms with van der Waals surface area (Å²) >= 11 is 4.85. The molecule has 0 aliphatic heterocycles. The second kappa shape index (κ2) is 4.50. The fourth-order valence-electron chi connectivity index (χ4n) is 1.08. The van der Waals surface area contributed by atoms with Crippen LogP contribution in [0.1, 0.15) is 17.7 Å². The Labute approximate surface area is 101 Å². The van der Waals surface area contributed by atoms with Crippen molar-refractivity contribution in [1.29, 1.82) is 0 Å². The second-order valence-corrected chi connectivity index (χ2v) is 7.50. The van der Waals surface area contributed by atoms with Crippen molar-refractivity contribution in [2.75, 3.05) is 0 Å². The van der Waals surface area contributed by atoms with Crippen molar-refractivity contribution in [2.24, 2.45) is 0 Å². The molecule has 0 unspecified atom stereocenters. The van der Waals surface area contributed by atoms with E-state index in [4.69, 9.17) is 0 Å². The number of rotatable bonds is 5. The summed E-state index contributed by atoms with van der Waals surface area (Å²) in [4.78, 5) is 0.989. The molecule has 7 heteroatoms. The van der Waals surface area contributed by atoms with Crippen LogP contribution >= 0.6 is 27.3 Å². The van der Waals surface area contributed by atoms with Crippen molar-refractivity contribution in [3.05, 3.63) is 20.8 Å². The highest BCUT2D eigenvalue weighted by atomic mass is 79.9. The molecule has 0 aromatic carbocycles. The van der Waals surface area contributed by atoms with Gasteiger partial charge < -0.3 is 0 Å². The summed E-state index contributed by atoms with van der Waals surface area (Å²) in [6, 6.07) is 3.95. The van der Waals surface area contributed by atoms with E-state index in [9.17, 15) is 8.42 Å². The average molecular weight is 311 g/mol. The normalized spacial score (nSPS) is 16.9. The molecule has 1 aromatic heterocycles. The molecular weight excluding hydrogens is 300 g/mol. The molecule has 4 nitrogen and oxygen atoms in total. The van der Waals surface area contributed by atoms with Gasteiger partial charge >= 0.3 is 0 Å². The molecule has 1 aliphatic rings. The Bertz CT molecular complexity index is 439.